The summed E-state index contributed by atoms with van der Waals surface area (Å²) >= 11 is 1.80. The van der Waals surface area contributed by atoms with Crippen LogP contribution in [0.5, 0.6) is 0 Å². The van der Waals surface area contributed by atoms with E-state index in [-0.39, 0.29) is 5.82 Å². The maximum atomic E-state index is 13.1. The maximum Gasteiger partial charge on any atom is 0.227 e. The Morgan fingerprint density at radius 1 is 0.897 bits per heavy atom. The second-order valence-electron chi connectivity index (χ2n) is 7.15. The molecule has 0 atom stereocenters. The molecule has 5 nitrogen and oxygen atoms in total. The van der Waals surface area contributed by atoms with Crippen LogP contribution in [0, 0.1) is 19.7 Å². The van der Waals surface area contributed by atoms with Gasteiger partial charge in [0, 0.05) is 48.5 Å². The van der Waals surface area contributed by atoms with Crippen LogP contribution in [0.1, 0.15) is 11.3 Å². The Morgan fingerprint density at radius 3 is 2.28 bits per heavy atom. The van der Waals surface area contributed by atoms with Crippen molar-refractivity contribution in [2.75, 3.05) is 36.4 Å². The first-order chi connectivity index (χ1) is 14.0. The van der Waals surface area contributed by atoms with Gasteiger partial charge in [0.15, 0.2) is 0 Å². The molecule has 0 radical (unpaired) electrons. The molecule has 1 N–H and O–H groups in total. The van der Waals surface area contributed by atoms with Crippen molar-refractivity contribution < 1.29 is 4.39 Å². The topological polar surface area (TPSA) is 44.3 Å². The summed E-state index contributed by atoms with van der Waals surface area (Å²) in [5.74, 6) is 1.20. The lowest BCUT2D eigenvalue weighted by Crippen LogP contribution is -2.44. The summed E-state index contributed by atoms with van der Waals surface area (Å²) in [6.45, 7) is 7.70. The lowest BCUT2D eigenvalue weighted by Gasteiger charge is -2.34. The van der Waals surface area contributed by atoms with E-state index in [1.165, 1.54) is 22.6 Å². The van der Waals surface area contributed by atoms with Gasteiger partial charge < -0.3 is 10.2 Å². The Balaban J connectivity index is 1.39. The fraction of sp³-hybridized carbons (Fsp3) is 0.273. The molecule has 29 heavy (non-hydrogen) atoms. The minimum Gasteiger partial charge on any atom is -0.340 e. The number of anilines is 3. The average molecular weight is 410 g/mol. The van der Waals surface area contributed by atoms with Crippen LogP contribution >= 0.6 is 11.9 Å². The summed E-state index contributed by atoms with van der Waals surface area (Å²) in [5, 5.41) is 3.24. The second kappa shape index (κ2) is 8.80. The van der Waals surface area contributed by atoms with Gasteiger partial charge in [-0.1, -0.05) is 17.7 Å². The van der Waals surface area contributed by atoms with E-state index in [9.17, 15) is 4.39 Å². The van der Waals surface area contributed by atoms with Gasteiger partial charge in [-0.3, -0.25) is 0 Å². The van der Waals surface area contributed by atoms with Gasteiger partial charge in [-0.2, -0.15) is 4.98 Å². The van der Waals surface area contributed by atoms with Crippen LogP contribution in [0.15, 0.2) is 59.5 Å². The normalized spacial score (nSPS) is 14.8. The molecule has 2 aromatic carbocycles. The first-order valence-corrected chi connectivity index (χ1v) is 10.5. The van der Waals surface area contributed by atoms with Crippen molar-refractivity contribution in [1.29, 1.82) is 0 Å². The van der Waals surface area contributed by atoms with Crippen molar-refractivity contribution in [3.63, 3.8) is 0 Å². The predicted octanol–water partition coefficient (Wildman–Crippen LogP) is 4.81. The Labute approximate surface area is 175 Å². The largest absolute Gasteiger partial charge is 0.340 e. The van der Waals surface area contributed by atoms with Crippen molar-refractivity contribution in [2.45, 2.75) is 18.7 Å². The Hall–Kier alpha value is -2.64. The summed E-state index contributed by atoms with van der Waals surface area (Å²) in [7, 11) is 0. The number of aromatic nitrogens is 2. The molecule has 1 fully saturated rings. The van der Waals surface area contributed by atoms with Gasteiger partial charge in [-0.25, -0.2) is 13.7 Å². The quantitative estimate of drug-likeness (QED) is 0.611. The fourth-order valence-corrected chi connectivity index (χ4v) is 4.07. The van der Waals surface area contributed by atoms with Crippen molar-refractivity contribution in [3.8, 4) is 0 Å². The number of nitrogens with one attached hydrogen (secondary N) is 1. The number of hydrogen-bond acceptors (Lipinski definition) is 6. The Bertz CT molecular complexity index is 954. The van der Waals surface area contributed by atoms with E-state index < -0.39 is 0 Å². The molecule has 1 saturated heterocycles. The molecule has 1 aromatic heterocycles. The highest BCUT2D eigenvalue weighted by Gasteiger charge is 2.20. The van der Waals surface area contributed by atoms with Gasteiger partial charge in [0.25, 0.3) is 0 Å². The first kappa shape index (κ1) is 19.7. The molecular weight excluding hydrogens is 385 g/mol. The van der Waals surface area contributed by atoms with E-state index in [1.54, 1.807) is 24.1 Å². The van der Waals surface area contributed by atoms with Gasteiger partial charge in [0.05, 0.1) is 0 Å². The highest BCUT2D eigenvalue weighted by molar-refractivity contribution is 7.97. The van der Waals surface area contributed by atoms with Crippen molar-refractivity contribution in [1.82, 2.24) is 14.3 Å². The third-order valence-corrected chi connectivity index (χ3v) is 5.84. The average Bonchev–Trinajstić information content (AvgIpc) is 2.72. The standard InChI is InChI=1S/C22H24FN5S/c1-16-3-9-20(10-4-16)29-28-13-11-27(12-14-28)22-24-17(2)15-21(26-22)25-19-7-5-18(23)6-8-19/h3-10,15H,11-14H2,1-2H3,(H,24,25,26). The van der Waals surface area contributed by atoms with Crippen molar-refractivity contribution in [2.24, 2.45) is 0 Å². The predicted molar refractivity (Wildman–Crippen MR) is 117 cm³/mol. The van der Waals surface area contributed by atoms with Gasteiger partial charge in [-0.15, -0.1) is 0 Å². The van der Waals surface area contributed by atoms with Gasteiger partial charge in [0.1, 0.15) is 11.6 Å². The molecule has 2 heterocycles. The van der Waals surface area contributed by atoms with Gasteiger partial charge >= 0.3 is 0 Å². The monoisotopic (exact) mass is 409 g/mol. The molecule has 7 heteroatoms. The number of hydrogen-bond donors (Lipinski definition) is 1. The van der Waals surface area contributed by atoms with Crippen LogP contribution in [0.2, 0.25) is 0 Å². The number of aryl methyl sites for hydroxylation is 2. The molecule has 3 aromatic rings. The molecule has 0 aliphatic carbocycles. The molecule has 0 bridgehead atoms. The number of halogens is 1. The maximum absolute atomic E-state index is 13.1. The molecule has 1 aliphatic rings. The number of rotatable bonds is 5. The van der Waals surface area contributed by atoms with Crippen molar-refractivity contribution in [3.05, 3.63) is 71.7 Å². The second-order valence-corrected chi connectivity index (χ2v) is 8.32. The molecule has 0 saturated carbocycles. The van der Waals surface area contributed by atoms with E-state index in [2.05, 4.69) is 55.7 Å². The molecule has 0 spiro atoms. The minimum atomic E-state index is -0.253. The van der Waals surface area contributed by atoms with Crippen LogP contribution in [-0.4, -0.2) is 40.5 Å². The third kappa shape index (κ3) is 5.25. The molecule has 0 amide bonds. The van der Waals surface area contributed by atoms with Crippen LogP contribution in [0.25, 0.3) is 0 Å². The molecule has 0 unspecified atom stereocenters. The number of benzene rings is 2. The van der Waals surface area contributed by atoms with Crippen LogP contribution in [0.3, 0.4) is 0 Å². The Morgan fingerprint density at radius 2 is 1.59 bits per heavy atom. The minimum absolute atomic E-state index is 0.253. The van der Waals surface area contributed by atoms with E-state index in [0.717, 1.165) is 49.3 Å². The summed E-state index contributed by atoms with van der Waals surface area (Å²) in [6, 6.07) is 16.8. The lowest BCUT2D eigenvalue weighted by molar-refractivity contribution is 0.426. The SMILES string of the molecule is Cc1ccc(SN2CCN(c3nc(C)cc(Nc4ccc(F)cc4)n3)CC2)cc1. The van der Waals surface area contributed by atoms with Crippen LogP contribution in [-0.2, 0) is 0 Å². The lowest BCUT2D eigenvalue weighted by atomic mass is 10.2. The zero-order valence-electron chi connectivity index (χ0n) is 16.6. The van der Waals surface area contributed by atoms with Gasteiger partial charge in [-0.05, 0) is 62.2 Å². The van der Waals surface area contributed by atoms with E-state index in [1.807, 2.05) is 13.0 Å². The Kier molecular flexibility index (Phi) is 5.97. The summed E-state index contributed by atoms with van der Waals surface area (Å²) in [4.78, 5) is 12.8. The van der Waals surface area contributed by atoms with Gasteiger partial charge in [0.2, 0.25) is 5.95 Å². The zero-order chi connectivity index (χ0) is 20.2. The summed E-state index contributed by atoms with van der Waals surface area (Å²) in [5.41, 5.74) is 2.98. The third-order valence-electron chi connectivity index (χ3n) is 4.74. The highest BCUT2D eigenvalue weighted by Crippen LogP contribution is 2.26. The van der Waals surface area contributed by atoms with E-state index >= 15 is 0 Å². The zero-order valence-corrected chi connectivity index (χ0v) is 17.4. The van der Waals surface area contributed by atoms with Crippen molar-refractivity contribution >= 4 is 29.4 Å². The molecule has 4 rings (SSSR count). The first-order valence-electron chi connectivity index (χ1n) is 9.68. The van der Waals surface area contributed by atoms with Crippen LogP contribution < -0.4 is 10.2 Å². The summed E-state index contributed by atoms with van der Waals surface area (Å²) in [6.07, 6.45) is 0. The molecular formula is C22H24FN5S. The number of piperazine rings is 1. The van der Waals surface area contributed by atoms with E-state index in [4.69, 9.17) is 0 Å². The summed E-state index contributed by atoms with van der Waals surface area (Å²) < 4.78 is 15.5. The van der Waals surface area contributed by atoms with Crippen LogP contribution in [0.4, 0.5) is 21.8 Å². The smallest absolute Gasteiger partial charge is 0.227 e. The molecule has 1 aliphatic heterocycles. The fourth-order valence-electron chi connectivity index (χ4n) is 3.17. The number of nitrogens with zero attached hydrogens (tertiary/aromatic N) is 4. The highest BCUT2D eigenvalue weighted by atomic mass is 32.2. The molecule has 150 valence electrons. The van der Waals surface area contributed by atoms with E-state index in [0.29, 0.717) is 0 Å².